The Morgan fingerprint density at radius 2 is 2.06 bits per heavy atom. The molecule has 0 aliphatic carbocycles. The van der Waals surface area contributed by atoms with E-state index in [0.29, 0.717) is 5.92 Å². The second-order valence-corrected chi connectivity index (χ2v) is 4.52. The largest absolute Gasteiger partial charge is 0.346 e. The summed E-state index contributed by atoms with van der Waals surface area (Å²) in [5, 5.41) is 0. The maximum absolute atomic E-state index is 5.94. The third-order valence-electron chi connectivity index (χ3n) is 3.16. The van der Waals surface area contributed by atoms with Crippen LogP contribution in [-0.2, 0) is 9.47 Å². The van der Waals surface area contributed by atoms with Gasteiger partial charge in [0.1, 0.15) is 0 Å². The molecule has 1 aromatic rings. The zero-order valence-electron chi connectivity index (χ0n) is 10.1. The Labute approximate surface area is 97.6 Å². The van der Waals surface area contributed by atoms with Crippen LogP contribution in [0.4, 0.5) is 0 Å². The molecule has 0 N–H and O–H groups in total. The lowest BCUT2D eigenvalue weighted by Crippen LogP contribution is -2.19. The van der Waals surface area contributed by atoms with Gasteiger partial charge in [-0.1, -0.05) is 50.6 Å². The van der Waals surface area contributed by atoms with Crippen molar-refractivity contribution in [1.29, 1.82) is 0 Å². The molecule has 0 spiro atoms. The molecule has 2 rings (SSSR count). The molecule has 1 aliphatic rings. The minimum atomic E-state index is -0.162. The van der Waals surface area contributed by atoms with Gasteiger partial charge in [-0.3, -0.25) is 0 Å². The highest BCUT2D eigenvalue weighted by atomic mass is 16.7. The quantitative estimate of drug-likeness (QED) is 0.772. The van der Waals surface area contributed by atoms with E-state index in [-0.39, 0.29) is 12.4 Å². The van der Waals surface area contributed by atoms with E-state index in [0.717, 1.165) is 12.2 Å². The summed E-state index contributed by atoms with van der Waals surface area (Å²) in [5.41, 5.74) is 1.12. The van der Waals surface area contributed by atoms with Crippen molar-refractivity contribution in [2.75, 3.05) is 6.61 Å². The molecular weight excluding hydrogens is 200 g/mol. The van der Waals surface area contributed by atoms with Gasteiger partial charge in [-0.05, 0) is 12.3 Å². The minimum absolute atomic E-state index is 0.162. The molecular formula is C14H20O2. The summed E-state index contributed by atoms with van der Waals surface area (Å²) in [4.78, 5) is 0. The van der Waals surface area contributed by atoms with Gasteiger partial charge in [-0.2, -0.15) is 0 Å². The summed E-state index contributed by atoms with van der Waals surface area (Å²) < 4.78 is 11.6. The predicted octanol–water partition coefficient (Wildman–Crippen LogP) is 3.54. The van der Waals surface area contributed by atoms with E-state index in [1.807, 2.05) is 18.2 Å². The molecule has 0 aromatic heterocycles. The molecule has 2 heteroatoms. The zero-order valence-corrected chi connectivity index (χ0v) is 10.1. The van der Waals surface area contributed by atoms with Gasteiger partial charge in [0.2, 0.25) is 0 Å². The van der Waals surface area contributed by atoms with Gasteiger partial charge in [0.15, 0.2) is 6.29 Å². The highest BCUT2D eigenvalue weighted by molar-refractivity contribution is 5.16. The molecule has 88 valence electrons. The van der Waals surface area contributed by atoms with Crippen LogP contribution in [0.15, 0.2) is 30.3 Å². The Morgan fingerprint density at radius 1 is 1.31 bits per heavy atom. The molecule has 0 bridgehead atoms. The molecule has 0 saturated carbocycles. The molecule has 1 aromatic carbocycles. The van der Waals surface area contributed by atoms with E-state index in [1.165, 1.54) is 12.8 Å². The van der Waals surface area contributed by atoms with Crippen molar-refractivity contribution in [2.24, 2.45) is 5.92 Å². The molecule has 3 atom stereocenters. The van der Waals surface area contributed by atoms with Gasteiger partial charge < -0.3 is 9.47 Å². The van der Waals surface area contributed by atoms with Crippen molar-refractivity contribution in [1.82, 2.24) is 0 Å². The predicted molar refractivity (Wildman–Crippen MR) is 64.1 cm³/mol. The van der Waals surface area contributed by atoms with Crippen LogP contribution in [-0.4, -0.2) is 12.7 Å². The van der Waals surface area contributed by atoms with Crippen LogP contribution in [0, 0.1) is 5.92 Å². The van der Waals surface area contributed by atoms with Crippen LogP contribution < -0.4 is 0 Å². The van der Waals surface area contributed by atoms with Gasteiger partial charge in [-0.25, -0.2) is 0 Å². The van der Waals surface area contributed by atoms with E-state index >= 15 is 0 Å². The summed E-state index contributed by atoms with van der Waals surface area (Å²) in [5.74, 6) is 0.582. The lowest BCUT2D eigenvalue weighted by Gasteiger charge is -2.17. The first-order valence-corrected chi connectivity index (χ1v) is 6.13. The normalized spacial score (nSPS) is 26.9. The van der Waals surface area contributed by atoms with Crippen molar-refractivity contribution in [3.05, 3.63) is 35.9 Å². The lowest BCUT2D eigenvalue weighted by atomic mass is 10.0. The Kier molecular flexibility index (Phi) is 3.97. The van der Waals surface area contributed by atoms with E-state index in [1.54, 1.807) is 0 Å². The average Bonchev–Trinajstić information content (AvgIpc) is 2.80. The molecule has 1 aliphatic heterocycles. The second-order valence-electron chi connectivity index (χ2n) is 4.52. The topological polar surface area (TPSA) is 18.5 Å². The summed E-state index contributed by atoms with van der Waals surface area (Å²) in [7, 11) is 0. The fourth-order valence-electron chi connectivity index (χ4n) is 2.14. The summed E-state index contributed by atoms with van der Waals surface area (Å²) in [6, 6.07) is 10.2. The SMILES string of the molecule is CCCC(C)C1COC(c2ccccc2)O1. The van der Waals surface area contributed by atoms with Crippen molar-refractivity contribution in [3.63, 3.8) is 0 Å². The smallest absolute Gasteiger partial charge is 0.184 e. The molecule has 0 amide bonds. The van der Waals surface area contributed by atoms with Crippen molar-refractivity contribution in [2.45, 2.75) is 39.1 Å². The maximum Gasteiger partial charge on any atom is 0.184 e. The molecule has 0 radical (unpaired) electrons. The molecule has 2 nitrogen and oxygen atoms in total. The highest BCUT2D eigenvalue weighted by Gasteiger charge is 2.30. The number of hydrogen-bond donors (Lipinski definition) is 0. The molecule has 3 unspecified atom stereocenters. The van der Waals surface area contributed by atoms with Crippen molar-refractivity contribution >= 4 is 0 Å². The molecule has 1 saturated heterocycles. The van der Waals surface area contributed by atoms with Crippen LogP contribution in [0.25, 0.3) is 0 Å². The molecule has 1 heterocycles. The van der Waals surface area contributed by atoms with Crippen LogP contribution in [0.1, 0.15) is 38.5 Å². The standard InChI is InChI=1S/C14H20O2/c1-3-7-11(2)13-10-15-14(16-13)12-8-5-4-6-9-12/h4-6,8-9,11,13-14H,3,7,10H2,1-2H3. The number of ether oxygens (including phenoxy) is 2. The molecule has 1 fully saturated rings. The fourth-order valence-corrected chi connectivity index (χ4v) is 2.14. The number of benzene rings is 1. The Balaban J connectivity index is 1.93. The highest BCUT2D eigenvalue weighted by Crippen LogP contribution is 2.31. The summed E-state index contributed by atoms with van der Waals surface area (Å²) in [6.07, 6.45) is 2.50. The first kappa shape index (κ1) is 11.6. The average molecular weight is 220 g/mol. The second kappa shape index (κ2) is 5.46. The summed E-state index contributed by atoms with van der Waals surface area (Å²) >= 11 is 0. The van der Waals surface area contributed by atoms with Gasteiger partial charge >= 0.3 is 0 Å². The number of hydrogen-bond acceptors (Lipinski definition) is 2. The minimum Gasteiger partial charge on any atom is -0.346 e. The Hall–Kier alpha value is -0.860. The van der Waals surface area contributed by atoms with E-state index in [9.17, 15) is 0 Å². The Morgan fingerprint density at radius 3 is 2.75 bits per heavy atom. The number of rotatable bonds is 4. The van der Waals surface area contributed by atoms with E-state index in [2.05, 4.69) is 26.0 Å². The van der Waals surface area contributed by atoms with Gasteiger partial charge in [0.05, 0.1) is 12.7 Å². The molecule has 16 heavy (non-hydrogen) atoms. The van der Waals surface area contributed by atoms with Crippen LogP contribution >= 0.6 is 0 Å². The van der Waals surface area contributed by atoms with E-state index < -0.39 is 0 Å². The monoisotopic (exact) mass is 220 g/mol. The Bertz CT molecular complexity index is 310. The zero-order chi connectivity index (χ0) is 11.4. The fraction of sp³-hybridized carbons (Fsp3) is 0.571. The maximum atomic E-state index is 5.94. The van der Waals surface area contributed by atoms with Crippen LogP contribution in [0.3, 0.4) is 0 Å². The van der Waals surface area contributed by atoms with Crippen LogP contribution in [0.2, 0.25) is 0 Å². The first-order valence-electron chi connectivity index (χ1n) is 6.13. The lowest BCUT2D eigenvalue weighted by molar-refractivity contribution is -0.0688. The van der Waals surface area contributed by atoms with E-state index in [4.69, 9.17) is 9.47 Å². The van der Waals surface area contributed by atoms with Crippen LogP contribution in [0.5, 0.6) is 0 Å². The first-order chi connectivity index (χ1) is 7.81. The summed E-state index contributed by atoms with van der Waals surface area (Å²) in [6.45, 7) is 5.17. The van der Waals surface area contributed by atoms with Crippen molar-refractivity contribution in [3.8, 4) is 0 Å². The van der Waals surface area contributed by atoms with Gasteiger partial charge in [0.25, 0.3) is 0 Å². The third-order valence-corrected chi connectivity index (χ3v) is 3.16. The van der Waals surface area contributed by atoms with Crippen molar-refractivity contribution < 1.29 is 9.47 Å². The van der Waals surface area contributed by atoms with Gasteiger partial charge in [-0.15, -0.1) is 0 Å². The third kappa shape index (κ3) is 2.63. The van der Waals surface area contributed by atoms with Gasteiger partial charge in [0, 0.05) is 5.56 Å².